The highest BCUT2D eigenvalue weighted by Gasteiger charge is 2.14. The maximum atomic E-state index is 12.2. The van der Waals surface area contributed by atoms with Gasteiger partial charge in [0.05, 0.1) is 22.3 Å². The van der Waals surface area contributed by atoms with Gasteiger partial charge in [0, 0.05) is 6.20 Å². The molecular weight excluding hydrogens is 294 g/mol. The standard InChI is InChI=1S/C14H10ClN3O3/c15-10-4-3-9(7-16)6-11(10)17-14(21)12-2-1-5-18(12)8-13(19)20/h1-6H,8H2,(H,17,21)(H,19,20). The molecule has 0 aliphatic heterocycles. The minimum absolute atomic E-state index is 0.191. The van der Waals surface area contributed by atoms with Crippen LogP contribution < -0.4 is 5.32 Å². The number of carbonyl (C=O) groups excluding carboxylic acids is 1. The van der Waals surface area contributed by atoms with Crippen LogP contribution in [0, 0.1) is 11.3 Å². The minimum Gasteiger partial charge on any atom is -0.480 e. The molecule has 7 heteroatoms. The number of amides is 1. The second-order valence-corrected chi connectivity index (χ2v) is 4.58. The quantitative estimate of drug-likeness (QED) is 0.906. The molecule has 21 heavy (non-hydrogen) atoms. The molecule has 106 valence electrons. The molecular formula is C14H10ClN3O3. The van der Waals surface area contributed by atoms with Gasteiger partial charge in [-0.05, 0) is 30.3 Å². The van der Waals surface area contributed by atoms with E-state index in [1.165, 1.54) is 35.0 Å². The number of hydrogen-bond acceptors (Lipinski definition) is 3. The highest BCUT2D eigenvalue weighted by Crippen LogP contribution is 2.23. The van der Waals surface area contributed by atoms with Crippen LogP contribution in [-0.2, 0) is 11.3 Å². The number of nitrogens with zero attached hydrogens (tertiary/aromatic N) is 2. The van der Waals surface area contributed by atoms with Crippen molar-refractivity contribution in [2.75, 3.05) is 5.32 Å². The van der Waals surface area contributed by atoms with E-state index in [-0.39, 0.29) is 12.2 Å². The lowest BCUT2D eigenvalue weighted by Gasteiger charge is -2.09. The summed E-state index contributed by atoms with van der Waals surface area (Å²) in [4.78, 5) is 22.9. The Balaban J connectivity index is 2.25. The number of aliphatic carboxylic acids is 1. The van der Waals surface area contributed by atoms with E-state index < -0.39 is 11.9 Å². The van der Waals surface area contributed by atoms with Gasteiger partial charge in [-0.25, -0.2) is 0 Å². The monoisotopic (exact) mass is 303 g/mol. The van der Waals surface area contributed by atoms with Crippen molar-refractivity contribution in [3.05, 3.63) is 52.8 Å². The number of anilines is 1. The molecule has 0 spiro atoms. The van der Waals surface area contributed by atoms with Crippen LogP contribution in [0.4, 0.5) is 5.69 Å². The van der Waals surface area contributed by atoms with Gasteiger partial charge < -0.3 is 15.0 Å². The van der Waals surface area contributed by atoms with Crippen LogP contribution in [0.1, 0.15) is 16.1 Å². The van der Waals surface area contributed by atoms with Crippen LogP contribution in [0.2, 0.25) is 5.02 Å². The summed E-state index contributed by atoms with van der Waals surface area (Å²) < 4.78 is 1.31. The van der Waals surface area contributed by atoms with E-state index in [2.05, 4.69) is 5.32 Å². The van der Waals surface area contributed by atoms with E-state index in [1.54, 1.807) is 6.07 Å². The van der Waals surface area contributed by atoms with Gasteiger partial charge in [0.25, 0.3) is 5.91 Å². The molecule has 0 aliphatic carbocycles. The molecule has 0 saturated heterocycles. The fourth-order valence-electron chi connectivity index (χ4n) is 1.78. The Labute approximate surface area is 125 Å². The lowest BCUT2D eigenvalue weighted by atomic mass is 10.2. The lowest BCUT2D eigenvalue weighted by molar-refractivity contribution is -0.137. The third kappa shape index (κ3) is 3.41. The Kier molecular flexibility index (Phi) is 4.26. The maximum Gasteiger partial charge on any atom is 0.323 e. The van der Waals surface area contributed by atoms with Crippen molar-refractivity contribution >= 4 is 29.2 Å². The van der Waals surface area contributed by atoms with E-state index >= 15 is 0 Å². The third-order valence-corrected chi connectivity index (χ3v) is 3.04. The number of aromatic nitrogens is 1. The van der Waals surface area contributed by atoms with Crippen molar-refractivity contribution in [2.24, 2.45) is 0 Å². The number of rotatable bonds is 4. The van der Waals surface area contributed by atoms with Gasteiger partial charge in [0.15, 0.2) is 0 Å². The second-order valence-electron chi connectivity index (χ2n) is 4.18. The summed E-state index contributed by atoms with van der Waals surface area (Å²) in [5.41, 5.74) is 0.843. The van der Waals surface area contributed by atoms with Crippen LogP contribution in [0.25, 0.3) is 0 Å². The highest BCUT2D eigenvalue weighted by molar-refractivity contribution is 6.34. The number of carboxylic acid groups (broad SMARTS) is 1. The maximum absolute atomic E-state index is 12.2. The predicted octanol–water partition coefficient (Wildman–Crippen LogP) is 2.35. The first-order chi connectivity index (χ1) is 10.0. The zero-order valence-corrected chi connectivity index (χ0v) is 11.5. The van der Waals surface area contributed by atoms with Crippen LogP contribution in [0.5, 0.6) is 0 Å². The van der Waals surface area contributed by atoms with Gasteiger partial charge in [-0.3, -0.25) is 9.59 Å². The molecule has 0 unspecified atom stereocenters. The van der Waals surface area contributed by atoms with Gasteiger partial charge in [0.2, 0.25) is 0 Å². The number of halogens is 1. The first kappa shape index (κ1) is 14.6. The summed E-state index contributed by atoms with van der Waals surface area (Å²) in [5.74, 6) is -1.55. The average molecular weight is 304 g/mol. The molecule has 2 N–H and O–H groups in total. The van der Waals surface area contributed by atoms with Crippen molar-refractivity contribution in [3.63, 3.8) is 0 Å². The average Bonchev–Trinajstić information content (AvgIpc) is 2.88. The molecule has 2 aromatic rings. The molecule has 1 aromatic heterocycles. The lowest BCUT2D eigenvalue weighted by Crippen LogP contribution is -2.19. The van der Waals surface area contributed by atoms with Gasteiger partial charge in [-0.15, -0.1) is 0 Å². The Morgan fingerprint density at radius 3 is 2.81 bits per heavy atom. The van der Waals surface area contributed by atoms with Gasteiger partial charge in [0.1, 0.15) is 12.2 Å². The van der Waals surface area contributed by atoms with E-state index in [0.717, 1.165) is 0 Å². The fraction of sp³-hybridized carbons (Fsp3) is 0.0714. The number of carbonyl (C=O) groups is 2. The highest BCUT2D eigenvalue weighted by atomic mass is 35.5. The molecule has 0 saturated carbocycles. The van der Waals surface area contributed by atoms with Crippen LogP contribution in [0.3, 0.4) is 0 Å². The number of nitriles is 1. The van der Waals surface area contributed by atoms with E-state index in [1.807, 2.05) is 6.07 Å². The molecule has 6 nitrogen and oxygen atoms in total. The summed E-state index contributed by atoms with van der Waals surface area (Å²) in [6.07, 6.45) is 1.50. The topological polar surface area (TPSA) is 95.1 Å². The zero-order valence-electron chi connectivity index (χ0n) is 10.7. The summed E-state index contributed by atoms with van der Waals surface area (Å²) >= 11 is 5.96. The van der Waals surface area contributed by atoms with E-state index in [0.29, 0.717) is 16.3 Å². The molecule has 0 atom stereocenters. The number of hydrogen-bond donors (Lipinski definition) is 2. The summed E-state index contributed by atoms with van der Waals surface area (Å²) in [6.45, 7) is -0.318. The Hall–Kier alpha value is -2.78. The van der Waals surface area contributed by atoms with Crippen LogP contribution in [0.15, 0.2) is 36.5 Å². The molecule has 0 fully saturated rings. The number of nitrogens with one attached hydrogen (secondary N) is 1. The minimum atomic E-state index is -1.05. The first-order valence-electron chi connectivity index (χ1n) is 5.89. The molecule has 1 amide bonds. The van der Waals surface area contributed by atoms with Crippen molar-refractivity contribution in [1.82, 2.24) is 4.57 Å². The third-order valence-electron chi connectivity index (χ3n) is 2.71. The van der Waals surface area contributed by atoms with Gasteiger partial charge in [-0.1, -0.05) is 11.6 Å². The number of benzene rings is 1. The zero-order chi connectivity index (χ0) is 15.4. The number of carboxylic acids is 1. The predicted molar refractivity (Wildman–Crippen MR) is 76.2 cm³/mol. The van der Waals surface area contributed by atoms with Crippen molar-refractivity contribution in [1.29, 1.82) is 5.26 Å². The fourth-order valence-corrected chi connectivity index (χ4v) is 1.95. The van der Waals surface area contributed by atoms with Gasteiger partial charge in [-0.2, -0.15) is 5.26 Å². The Bertz CT molecular complexity index is 746. The summed E-state index contributed by atoms with van der Waals surface area (Å²) in [7, 11) is 0. The van der Waals surface area contributed by atoms with Crippen molar-refractivity contribution in [3.8, 4) is 6.07 Å². The molecule has 1 heterocycles. The summed E-state index contributed by atoms with van der Waals surface area (Å²) in [6, 6.07) is 9.51. The van der Waals surface area contributed by atoms with Gasteiger partial charge >= 0.3 is 5.97 Å². The second kappa shape index (κ2) is 6.11. The Morgan fingerprint density at radius 2 is 2.14 bits per heavy atom. The van der Waals surface area contributed by atoms with Crippen LogP contribution >= 0.6 is 11.6 Å². The van der Waals surface area contributed by atoms with E-state index in [4.69, 9.17) is 22.0 Å². The molecule has 1 aromatic carbocycles. The summed E-state index contributed by atoms with van der Waals surface area (Å²) in [5, 5.41) is 20.5. The van der Waals surface area contributed by atoms with Crippen molar-refractivity contribution in [2.45, 2.75) is 6.54 Å². The van der Waals surface area contributed by atoms with Crippen molar-refractivity contribution < 1.29 is 14.7 Å². The normalized spacial score (nSPS) is 9.90. The molecule has 0 radical (unpaired) electrons. The first-order valence-corrected chi connectivity index (χ1v) is 6.27. The Morgan fingerprint density at radius 1 is 1.38 bits per heavy atom. The van der Waals surface area contributed by atoms with Crippen LogP contribution in [-0.4, -0.2) is 21.6 Å². The van der Waals surface area contributed by atoms with E-state index in [9.17, 15) is 9.59 Å². The largest absolute Gasteiger partial charge is 0.480 e. The molecule has 0 bridgehead atoms. The smallest absolute Gasteiger partial charge is 0.323 e. The SMILES string of the molecule is N#Cc1ccc(Cl)c(NC(=O)c2cccn2CC(=O)O)c1. The molecule has 0 aliphatic rings. The molecule has 2 rings (SSSR count).